The predicted molar refractivity (Wildman–Crippen MR) is 82.7 cm³/mol. The van der Waals surface area contributed by atoms with Crippen molar-refractivity contribution in [1.82, 2.24) is 4.90 Å². The summed E-state index contributed by atoms with van der Waals surface area (Å²) in [7, 11) is 0. The standard InChI is InChI=1S/C17H23NO5/c1-2-13-12(16(20)21)10-14(23-13)15(19)18-8-9-22-17(11-18)6-4-3-5-7-17/h10H,2-9,11H2,1H3,(H,20,21). The van der Waals surface area contributed by atoms with Gasteiger partial charge in [0.2, 0.25) is 0 Å². The molecule has 0 aromatic carbocycles. The molecule has 0 radical (unpaired) electrons. The first-order chi connectivity index (χ1) is 11.0. The lowest BCUT2D eigenvalue weighted by Crippen LogP contribution is -2.54. The molecule has 1 spiro atoms. The number of morpholine rings is 1. The molecule has 1 aliphatic heterocycles. The number of ether oxygens (including phenoxy) is 1. The summed E-state index contributed by atoms with van der Waals surface area (Å²) in [5.74, 6) is -0.829. The van der Waals surface area contributed by atoms with E-state index in [1.54, 1.807) is 4.90 Å². The third kappa shape index (κ3) is 3.13. The Balaban J connectivity index is 1.78. The molecule has 1 saturated carbocycles. The second kappa shape index (κ2) is 6.35. The Morgan fingerprint density at radius 1 is 1.30 bits per heavy atom. The van der Waals surface area contributed by atoms with Crippen molar-refractivity contribution in [2.75, 3.05) is 19.7 Å². The molecule has 1 aliphatic carbocycles. The van der Waals surface area contributed by atoms with Gasteiger partial charge in [0.25, 0.3) is 5.91 Å². The third-order valence-corrected chi connectivity index (χ3v) is 4.87. The number of carboxylic acids is 1. The van der Waals surface area contributed by atoms with Gasteiger partial charge in [0.15, 0.2) is 5.76 Å². The molecule has 23 heavy (non-hydrogen) atoms. The number of hydrogen-bond donors (Lipinski definition) is 1. The quantitative estimate of drug-likeness (QED) is 0.926. The van der Waals surface area contributed by atoms with E-state index < -0.39 is 5.97 Å². The number of aryl methyl sites for hydroxylation is 1. The first kappa shape index (κ1) is 16.1. The molecule has 0 unspecified atom stereocenters. The lowest BCUT2D eigenvalue weighted by Gasteiger charge is -2.44. The van der Waals surface area contributed by atoms with Gasteiger partial charge in [0.05, 0.1) is 18.8 Å². The molecular formula is C17H23NO5. The van der Waals surface area contributed by atoms with Crippen LogP contribution in [-0.4, -0.2) is 47.2 Å². The van der Waals surface area contributed by atoms with Crippen molar-refractivity contribution in [3.63, 3.8) is 0 Å². The molecule has 1 amide bonds. The second-order valence-corrected chi connectivity index (χ2v) is 6.43. The summed E-state index contributed by atoms with van der Waals surface area (Å²) in [6.07, 6.45) is 5.89. The summed E-state index contributed by atoms with van der Waals surface area (Å²) in [5.41, 5.74) is -0.140. The molecule has 1 aromatic heterocycles. The number of carbonyl (C=O) groups is 2. The fourth-order valence-electron chi connectivity index (χ4n) is 3.65. The molecule has 3 rings (SSSR count). The van der Waals surface area contributed by atoms with E-state index in [9.17, 15) is 14.7 Å². The summed E-state index contributed by atoms with van der Waals surface area (Å²) in [6, 6.07) is 1.35. The molecule has 6 heteroatoms. The molecule has 126 valence electrons. The van der Waals surface area contributed by atoms with E-state index in [1.165, 1.54) is 12.5 Å². The van der Waals surface area contributed by atoms with Crippen molar-refractivity contribution in [1.29, 1.82) is 0 Å². The van der Waals surface area contributed by atoms with Crippen LogP contribution in [0.1, 0.15) is 65.7 Å². The fraction of sp³-hybridized carbons (Fsp3) is 0.647. The van der Waals surface area contributed by atoms with Crippen molar-refractivity contribution in [3.05, 3.63) is 23.2 Å². The second-order valence-electron chi connectivity index (χ2n) is 6.43. The fourth-order valence-corrected chi connectivity index (χ4v) is 3.65. The lowest BCUT2D eigenvalue weighted by molar-refractivity contribution is -0.118. The number of aromatic carboxylic acids is 1. The van der Waals surface area contributed by atoms with Gasteiger partial charge in [-0.3, -0.25) is 4.79 Å². The smallest absolute Gasteiger partial charge is 0.339 e. The maximum Gasteiger partial charge on any atom is 0.339 e. The van der Waals surface area contributed by atoms with Crippen LogP contribution in [0.4, 0.5) is 0 Å². The largest absolute Gasteiger partial charge is 0.478 e. The minimum absolute atomic E-state index is 0.0801. The number of nitrogens with zero attached hydrogens (tertiary/aromatic N) is 1. The van der Waals surface area contributed by atoms with E-state index >= 15 is 0 Å². The molecular weight excluding hydrogens is 298 g/mol. The Bertz CT molecular complexity index is 595. The van der Waals surface area contributed by atoms with E-state index in [2.05, 4.69) is 0 Å². The Morgan fingerprint density at radius 2 is 2.04 bits per heavy atom. The van der Waals surface area contributed by atoms with Crippen molar-refractivity contribution in [2.45, 2.75) is 51.0 Å². The average molecular weight is 321 g/mol. The molecule has 1 saturated heterocycles. The van der Waals surface area contributed by atoms with E-state index in [0.717, 1.165) is 25.7 Å². The lowest BCUT2D eigenvalue weighted by atomic mass is 9.83. The molecule has 1 aromatic rings. The summed E-state index contributed by atoms with van der Waals surface area (Å²) >= 11 is 0. The zero-order valence-corrected chi connectivity index (χ0v) is 13.5. The minimum Gasteiger partial charge on any atom is -0.478 e. The minimum atomic E-state index is -1.06. The maximum atomic E-state index is 12.7. The Labute approximate surface area is 135 Å². The Hall–Kier alpha value is -1.82. The molecule has 0 atom stereocenters. The van der Waals surface area contributed by atoms with Gasteiger partial charge in [-0.1, -0.05) is 26.2 Å². The number of furan rings is 1. The van der Waals surface area contributed by atoms with Crippen LogP contribution in [0.5, 0.6) is 0 Å². The van der Waals surface area contributed by atoms with Gasteiger partial charge in [0, 0.05) is 19.0 Å². The molecule has 1 N–H and O–H groups in total. The average Bonchev–Trinajstić information content (AvgIpc) is 2.99. The first-order valence-corrected chi connectivity index (χ1v) is 8.34. The highest BCUT2D eigenvalue weighted by Gasteiger charge is 2.40. The molecule has 6 nitrogen and oxygen atoms in total. The predicted octanol–water partition coefficient (Wildman–Crippen LogP) is 2.72. The van der Waals surface area contributed by atoms with Crippen molar-refractivity contribution >= 4 is 11.9 Å². The van der Waals surface area contributed by atoms with Crippen LogP contribution >= 0.6 is 0 Å². The highest BCUT2D eigenvalue weighted by Crippen LogP contribution is 2.35. The van der Waals surface area contributed by atoms with E-state index in [-0.39, 0.29) is 22.8 Å². The van der Waals surface area contributed by atoms with Crippen LogP contribution in [0.25, 0.3) is 0 Å². The van der Waals surface area contributed by atoms with Crippen LogP contribution < -0.4 is 0 Å². The number of hydrogen-bond acceptors (Lipinski definition) is 4. The zero-order chi connectivity index (χ0) is 16.4. The van der Waals surface area contributed by atoms with Crippen LogP contribution in [0, 0.1) is 0 Å². The summed E-state index contributed by atoms with van der Waals surface area (Å²) in [5, 5.41) is 9.20. The van der Waals surface area contributed by atoms with Crippen LogP contribution in [0.2, 0.25) is 0 Å². The van der Waals surface area contributed by atoms with Gasteiger partial charge in [-0.05, 0) is 12.8 Å². The molecule has 0 bridgehead atoms. The number of amides is 1. The van der Waals surface area contributed by atoms with Gasteiger partial charge < -0.3 is 19.2 Å². The Kier molecular flexibility index (Phi) is 4.43. The van der Waals surface area contributed by atoms with Crippen LogP contribution in [0.3, 0.4) is 0 Å². The Morgan fingerprint density at radius 3 is 2.65 bits per heavy atom. The zero-order valence-electron chi connectivity index (χ0n) is 13.5. The van der Waals surface area contributed by atoms with Gasteiger partial charge in [-0.25, -0.2) is 4.79 Å². The molecule has 2 aliphatic rings. The third-order valence-electron chi connectivity index (χ3n) is 4.87. The number of carboxylic acid groups (broad SMARTS) is 1. The highest BCUT2D eigenvalue weighted by molar-refractivity contribution is 5.96. The summed E-state index contributed by atoms with van der Waals surface area (Å²) < 4.78 is 11.5. The molecule has 2 fully saturated rings. The van der Waals surface area contributed by atoms with Crippen molar-refractivity contribution in [2.24, 2.45) is 0 Å². The normalized spacial score (nSPS) is 20.7. The van der Waals surface area contributed by atoms with Gasteiger partial charge in [-0.2, -0.15) is 0 Å². The maximum absolute atomic E-state index is 12.7. The van der Waals surface area contributed by atoms with Crippen molar-refractivity contribution in [3.8, 4) is 0 Å². The van der Waals surface area contributed by atoms with Crippen molar-refractivity contribution < 1.29 is 23.8 Å². The van der Waals surface area contributed by atoms with Gasteiger partial charge >= 0.3 is 5.97 Å². The van der Waals surface area contributed by atoms with Gasteiger partial charge in [-0.15, -0.1) is 0 Å². The van der Waals surface area contributed by atoms with E-state index in [1.807, 2.05) is 6.92 Å². The topological polar surface area (TPSA) is 80.0 Å². The SMILES string of the molecule is CCc1oc(C(=O)N2CCOC3(CCCCC3)C2)cc1C(=O)O. The van der Waals surface area contributed by atoms with Gasteiger partial charge in [0.1, 0.15) is 11.3 Å². The highest BCUT2D eigenvalue weighted by atomic mass is 16.5. The van der Waals surface area contributed by atoms with Crippen LogP contribution in [-0.2, 0) is 11.2 Å². The monoisotopic (exact) mass is 321 g/mol. The van der Waals surface area contributed by atoms with E-state index in [4.69, 9.17) is 9.15 Å². The van der Waals surface area contributed by atoms with Crippen LogP contribution in [0.15, 0.2) is 10.5 Å². The van der Waals surface area contributed by atoms with E-state index in [0.29, 0.717) is 31.9 Å². The summed E-state index contributed by atoms with van der Waals surface area (Å²) in [6.45, 7) is 3.42. The summed E-state index contributed by atoms with van der Waals surface area (Å²) in [4.78, 5) is 25.7. The first-order valence-electron chi connectivity index (χ1n) is 8.34. The molecule has 2 heterocycles. The number of rotatable bonds is 3. The number of carbonyl (C=O) groups excluding carboxylic acids is 1.